The zero-order valence-corrected chi connectivity index (χ0v) is 5.64. The van der Waals surface area contributed by atoms with Gasteiger partial charge in [0, 0.05) is 5.25 Å². The average Bonchev–Trinajstić information content (AvgIpc) is 1.65. The first kappa shape index (κ1) is 7.95. The molecule has 0 saturated heterocycles. The molecular weight excluding hydrogens is 130 g/mol. The highest BCUT2D eigenvalue weighted by Gasteiger charge is 1.97. The van der Waals surface area contributed by atoms with E-state index in [1.807, 2.05) is 0 Å². The van der Waals surface area contributed by atoms with Crippen molar-refractivity contribution in [2.45, 2.75) is 19.1 Å². The van der Waals surface area contributed by atoms with Crippen LogP contribution in [0.25, 0.3) is 0 Å². The van der Waals surface area contributed by atoms with E-state index in [0.717, 1.165) is 11.8 Å². The molecule has 0 unspecified atom stereocenters. The van der Waals surface area contributed by atoms with Gasteiger partial charge in [-0.15, -0.1) is 0 Å². The molecule has 0 heterocycles. The maximum atomic E-state index is 11.8. The van der Waals surface area contributed by atoms with Crippen LogP contribution in [0.4, 0.5) is 8.78 Å². The minimum absolute atomic E-state index is 0.0231. The molecule has 0 aliphatic heterocycles. The SMILES string of the molecule is CC(C)SC(F)=CF. The summed E-state index contributed by atoms with van der Waals surface area (Å²) in [7, 11) is 0. The summed E-state index contributed by atoms with van der Waals surface area (Å²) in [5, 5.41) is -0.637. The molecule has 0 aromatic carbocycles. The van der Waals surface area contributed by atoms with Crippen molar-refractivity contribution in [1.82, 2.24) is 0 Å². The summed E-state index contributed by atoms with van der Waals surface area (Å²) in [5.41, 5.74) is 0. The van der Waals surface area contributed by atoms with Crippen molar-refractivity contribution >= 4 is 11.8 Å². The average molecular weight is 138 g/mol. The zero-order valence-electron chi connectivity index (χ0n) is 4.82. The van der Waals surface area contributed by atoms with Crippen LogP contribution < -0.4 is 0 Å². The molecule has 0 nitrogen and oxygen atoms in total. The van der Waals surface area contributed by atoms with Gasteiger partial charge >= 0.3 is 0 Å². The Morgan fingerprint density at radius 3 is 2.25 bits per heavy atom. The lowest BCUT2D eigenvalue weighted by Crippen LogP contribution is -1.83. The fourth-order valence-electron chi connectivity index (χ4n) is 0.251. The summed E-state index contributed by atoms with van der Waals surface area (Å²) in [5.74, 6) is 0. The Kier molecular flexibility index (Phi) is 3.87. The maximum absolute atomic E-state index is 11.8. The van der Waals surface area contributed by atoms with Gasteiger partial charge in [-0.2, -0.15) is 4.39 Å². The van der Waals surface area contributed by atoms with Crippen LogP contribution in [0.3, 0.4) is 0 Å². The van der Waals surface area contributed by atoms with Crippen LogP contribution in [-0.2, 0) is 0 Å². The van der Waals surface area contributed by atoms with E-state index in [-0.39, 0.29) is 11.6 Å². The molecule has 0 aromatic heterocycles. The molecule has 48 valence electrons. The van der Waals surface area contributed by atoms with E-state index in [1.54, 1.807) is 13.8 Å². The van der Waals surface area contributed by atoms with Crippen LogP contribution in [0.15, 0.2) is 11.5 Å². The highest BCUT2D eigenvalue weighted by atomic mass is 32.2. The molecular formula is C5H8F2S. The van der Waals surface area contributed by atoms with Crippen molar-refractivity contribution in [3.8, 4) is 0 Å². The molecule has 0 N–H and O–H groups in total. The quantitative estimate of drug-likeness (QED) is 0.565. The molecule has 0 spiro atoms. The maximum Gasteiger partial charge on any atom is 0.184 e. The largest absolute Gasteiger partial charge is 0.212 e. The summed E-state index contributed by atoms with van der Waals surface area (Å²) in [4.78, 5) is 0. The lowest BCUT2D eigenvalue weighted by Gasteiger charge is -1.96. The smallest absolute Gasteiger partial charge is 0.184 e. The molecule has 0 fully saturated rings. The number of hydrogen-bond donors (Lipinski definition) is 0. The Labute approximate surface area is 52.0 Å². The molecule has 3 heteroatoms. The van der Waals surface area contributed by atoms with Crippen molar-refractivity contribution in [1.29, 1.82) is 0 Å². The zero-order chi connectivity index (χ0) is 6.57. The van der Waals surface area contributed by atoms with Crippen molar-refractivity contribution in [3.05, 3.63) is 11.5 Å². The van der Waals surface area contributed by atoms with Crippen molar-refractivity contribution < 1.29 is 8.78 Å². The van der Waals surface area contributed by atoms with Crippen LogP contribution >= 0.6 is 11.8 Å². The lowest BCUT2D eigenvalue weighted by molar-refractivity contribution is 0.629. The molecule has 0 rings (SSSR count). The van der Waals surface area contributed by atoms with Gasteiger partial charge in [0.15, 0.2) is 5.16 Å². The second kappa shape index (κ2) is 3.89. The van der Waals surface area contributed by atoms with Crippen LogP contribution in [0.2, 0.25) is 0 Å². The van der Waals surface area contributed by atoms with Gasteiger partial charge in [0.2, 0.25) is 0 Å². The third-order valence-corrected chi connectivity index (χ3v) is 1.22. The van der Waals surface area contributed by atoms with Gasteiger partial charge in [-0.1, -0.05) is 25.6 Å². The van der Waals surface area contributed by atoms with Crippen LogP contribution in [0.1, 0.15) is 13.8 Å². The Morgan fingerprint density at radius 1 is 1.62 bits per heavy atom. The Morgan fingerprint density at radius 2 is 2.12 bits per heavy atom. The molecule has 8 heavy (non-hydrogen) atoms. The molecule has 0 amide bonds. The topological polar surface area (TPSA) is 0 Å². The van der Waals surface area contributed by atoms with Gasteiger partial charge in [0.1, 0.15) is 6.33 Å². The summed E-state index contributed by atoms with van der Waals surface area (Å²) < 4.78 is 23.0. The van der Waals surface area contributed by atoms with E-state index in [2.05, 4.69) is 0 Å². The predicted octanol–water partition coefficient (Wildman–Crippen LogP) is 2.87. The Bertz CT molecular complexity index is 88.4. The van der Waals surface area contributed by atoms with Crippen molar-refractivity contribution in [2.24, 2.45) is 0 Å². The second-order valence-corrected chi connectivity index (χ2v) is 3.15. The molecule has 0 aliphatic carbocycles. The van der Waals surface area contributed by atoms with Crippen molar-refractivity contribution in [3.63, 3.8) is 0 Å². The first-order valence-corrected chi connectivity index (χ1v) is 3.17. The van der Waals surface area contributed by atoms with E-state index < -0.39 is 5.16 Å². The molecule has 0 radical (unpaired) electrons. The normalized spacial score (nSPS) is 12.9. The number of halogens is 2. The summed E-state index contributed by atoms with van der Waals surface area (Å²) in [6, 6.07) is 0. The standard InChI is InChI=1S/C5H8F2S/c1-4(2)8-5(7)3-6/h3-4H,1-2H3. The van der Waals surface area contributed by atoms with Crippen LogP contribution in [0, 0.1) is 0 Å². The fourth-order valence-corrected chi connectivity index (χ4v) is 0.753. The van der Waals surface area contributed by atoms with E-state index in [0.29, 0.717) is 0 Å². The predicted molar refractivity (Wildman–Crippen MR) is 33.0 cm³/mol. The van der Waals surface area contributed by atoms with Crippen molar-refractivity contribution in [2.75, 3.05) is 0 Å². The molecule has 0 aliphatic rings. The van der Waals surface area contributed by atoms with E-state index in [1.165, 1.54) is 0 Å². The molecule has 0 bridgehead atoms. The summed E-state index contributed by atoms with van der Waals surface area (Å²) in [6.07, 6.45) is -0.0231. The summed E-state index contributed by atoms with van der Waals surface area (Å²) >= 11 is 0.874. The van der Waals surface area contributed by atoms with Gasteiger partial charge in [0.25, 0.3) is 0 Å². The number of rotatable bonds is 2. The number of hydrogen-bond acceptors (Lipinski definition) is 1. The third-order valence-electron chi connectivity index (χ3n) is 0.434. The highest BCUT2D eigenvalue weighted by Crippen LogP contribution is 2.21. The van der Waals surface area contributed by atoms with Gasteiger partial charge < -0.3 is 0 Å². The minimum Gasteiger partial charge on any atom is -0.212 e. The highest BCUT2D eigenvalue weighted by molar-refractivity contribution is 8.03. The Hall–Kier alpha value is -0.0500. The third kappa shape index (κ3) is 4.12. The first-order chi connectivity index (χ1) is 3.66. The van der Waals surface area contributed by atoms with Gasteiger partial charge in [-0.25, -0.2) is 4.39 Å². The van der Waals surface area contributed by atoms with Gasteiger partial charge in [-0.3, -0.25) is 0 Å². The Balaban J connectivity index is 3.39. The fraction of sp³-hybridized carbons (Fsp3) is 0.600. The van der Waals surface area contributed by atoms with Gasteiger partial charge in [-0.05, 0) is 0 Å². The number of thioether (sulfide) groups is 1. The van der Waals surface area contributed by atoms with E-state index in [4.69, 9.17) is 0 Å². The molecule has 0 aromatic rings. The first-order valence-electron chi connectivity index (χ1n) is 2.29. The van der Waals surface area contributed by atoms with E-state index in [9.17, 15) is 8.78 Å². The van der Waals surface area contributed by atoms with Crippen LogP contribution in [-0.4, -0.2) is 5.25 Å². The molecule has 0 atom stereocenters. The summed E-state index contributed by atoms with van der Waals surface area (Å²) in [6.45, 7) is 3.60. The monoisotopic (exact) mass is 138 g/mol. The van der Waals surface area contributed by atoms with Crippen LogP contribution in [0.5, 0.6) is 0 Å². The second-order valence-electron chi connectivity index (χ2n) is 1.58. The molecule has 0 saturated carbocycles. The van der Waals surface area contributed by atoms with E-state index >= 15 is 0 Å². The minimum atomic E-state index is -0.750. The van der Waals surface area contributed by atoms with Gasteiger partial charge in [0.05, 0.1) is 0 Å². The lowest BCUT2D eigenvalue weighted by atomic mass is 10.6.